The Labute approximate surface area is 191 Å². The Bertz CT molecular complexity index is 918. The maximum atomic E-state index is 12.8. The molecule has 1 spiro atoms. The number of nitrogens with one attached hydrogen (secondary N) is 1. The largest absolute Gasteiger partial charge is 0.352 e. The van der Waals surface area contributed by atoms with Crippen LogP contribution in [0.5, 0.6) is 0 Å². The van der Waals surface area contributed by atoms with Gasteiger partial charge in [-0.2, -0.15) is 0 Å². The molecular formula is C27H35N3O2. The molecule has 1 aliphatic carbocycles. The zero-order valence-electron chi connectivity index (χ0n) is 19.3. The third-order valence-electron chi connectivity index (χ3n) is 7.65. The molecule has 2 amide bonds. The molecule has 4 rings (SSSR count). The fourth-order valence-electron chi connectivity index (χ4n) is 5.58. The van der Waals surface area contributed by atoms with E-state index in [-0.39, 0.29) is 22.8 Å². The molecule has 1 saturated heterocycles. The second-order valence-corrected chi connectivity index (χ2v) is 9.80. The summed E-state index contributed by atoms with van der Waals surface area (Å²) >= 11 is 0. The fourth-order valence-corrected chi connectivity index (χ4v) is 5.58. The molecule has 1 heterocycles. The first-order chi connectivity index (χ1) is 15.4. The summed E-state index contributed by atoms with van der Waals surface area (Å²) in [6.07, 6.45) is 5.19. The number of amides is 2. The third kappa shape index (κ3) is 4.73. The van der Waals surface area contributed by atoms with Gasteiger partial charge in [0.25, 0.3) is 0 Å². The van der Waals surface area contributed by atoms with Crippen LogP contribution in [0.2, 0.25) is 0 Å². The molecule has 2 aromatic carbocycles. The normalized spacial score (nSPS) is 25.5. The Balaban J connectivity index is 1.31. The number of benzene rings is 2. The average Bonchev–Trinajstić information content (AvgIpc) is 3.12. The van der Waals surface area contributed by atoms with Crippen LogP contribution in [0.15, 0.2) is 60.7 Å². The van der Waals surface area contributed by atoms with Crippen molar-refractivity contribution in [2.75, 3.05) is 27.2 Å². The zero-order chi connectivity index (χ0) is 22.6. The molecule has 0 bridgehead atoms. The lowest BCUT2D eigenvalue weighted by Gasteiger charge is -2.48. The van der Waals surface area contributed by atoms with E-state index in [9.17, 15) is 9.59 Å². The molecular weight excluding hydrogens is 398 g/mol. The molecule has 2 aromatic rings. The Morgan fingerprint density at radius 1 is 0.969 bits per heavy atom. The molecule has 5 nitrogen and oxygen atoms in total. The first-order valence-electron chi connectivity index (χ1n) is 11.7. The van der Waals surface area contributed by atoms with E-state index >= 15 is 0 Å². The number of rotatable bonds is 7. The van der Waals surface area contributed by atoms with Crippen LogP contribution in [-0.2, 0) is 21.7 Å². The Hall–Kier alpha value is -2.66. The maximum absolute atomic E-state index is 12.8. The van der Waals surface area contributed by atoms with E-state index in [1.165, 1.54) is 5.56 Å². The minimum absolute atomic E-state index is 0.00181. The quantitative estimate of drug-likeness (QED) is 0.720. The molecule has 0 atom stereocenters. The molecule has 170 valence electrons. The van der Waals surface area contributed by atoms with E-state index < -0.39 is 0 Å². The number of likely N-dealkylation sites (tertiary alicyclic amines) is 1. The van der Waals surface area contributed by atoms with Gasteiger partial charge in [0.15, 0.2) is 0 Å². The highest BCUT2D eigenvalue weighted by Gasteiger charge is 2.50. The van der Waals surface area contributed by atoms with Crippen molar-refractivity contribution >= 4 is 11.8 Å². The number of hydrogen-bond donors (Lipinski definition) is 1. The molecule has 5 heteroatoms. The molecule has 2 aliphatic rings. The van der Waals surface area contributed by atoms with E-state index in [0.717, 1.165) is 37.8 Å². The van der Waals surface area contributed by atoms with E-state index in [2.05, 4.69) is 54.6 Å². The summed E-state index contributed by atoms with van der Waals surface area (Å²) in [4.78, 5) is 29.4. The first-order valence-corrected chi connectivity index (χ1v) is 11.7. The number of carbonyl (C=O) groups excluding carboxylic acids is 2. The molecule has 32 heavy (non-hydrogen) atoms. The predicted molar refractivity (Wildman–Crippen MR) is 127 cm³/mol. The van der Waals surface area contributed by atoms with Crippen LogP contribution in [0, 0.1) is 5.41 Å². The molecule has 1 aliphatic heterocycles. The van der Waals surface area contributed by atoms with Crippen molar-refractivity contribution in [3.63, 3.8) is 0 Å². The van der Waals surface area contributed by atoms with Crippen molar-refractivity contribution in [2.45, 2.75) is 50.6 Å². The summed E-state index contributed by atoms with van der Waals surface area (Å²) in [6.45, 7) is 1.83. The van der Waals surface area contributed by atoms with Crippen molar-refractivity contribution < 1.29 is 9.59 Å². The Kier molecular flexibility index (Phi) is 6.66. The van der Waals surface area contributed by atoms with Gasteiger partial charge in [0.1, 0.15) is 0 Å². The van der Waals surface area contributed by atoms with Crippen LogP contribution in [0.4, 0.5) is 0 Å². The highest BCUT2D eigenvalue weighted by atomic mass is 16.2. The summed E-state index contributed by atoms with van der Waals surface area (Å²) in [7, 11) is 4.34. The fraction of sp³-hybridized carbons (Fsp3) is 0.481. The minimum atomic E-state index is 0.00181. The van der Waals surface area contributed by atoms with Gasteiger partial charge in [-0.25, -0.2) is 0 Å². The standard InChI is InChI=1S/C27H35N3O2/c1-29(2)27(23-11-7-4-8-12-23)16-14-26(15-17-27)19-25(32)30(21-26)18-13-24(31)28-20-22-9-5-3-6-10-22/h3-12H,13-21H2,1-2H3,(H,28,31). The van der Waals surface area contributed by atoms with Gasteiger partial charge in [0, 0.05) is 38.0 Å². The Morgan fingerprint density at radius 3 is 2.22 bits per heavy atom. The third-order valence-corrected chi connectivity index (χ3v) is 7.65. The van der Waals surface area contributed by atoms with E-state index in [4.69, 9.17) is 0 Å². The number of nitrogens with zero attached hydrogens (tertiary/aromatic N) is 2. The summed E-state index contributed by atoms with van der Waals surface area (Å²) < 4.78 is 0. The molecule has 1 saturated carbocycles. The van der Waals surface area contributed by atoms with Crippen LogP contribution < -0.4 is 5.32 Å². The van der Waals surface area contributed by atoms with Crippen LogP contribution in [-0.4, -0.2) is 48.8 Å². The monoisotopic (exact) mass is 433 g/mol. The van der Waals surface area contributed by atoms with Crippen LogP contribution in [0.25, 0.3) is 0 Å². The van der Waals surface area contributed by atoms with Gasteiger partial charge in [-0.3, -0.25) is 14.5 Å². The van der Waals surface area contributed by atoms with Gasteiger partial charge >= 0.3 is 0 Å². The van der Waals surface area contributed by atoms with Crippen LogP contribution >= 0.6 is 0 Å². The predicted octanol–water partition coefficient (Wildman–Crippen LogP) is 3.94. The second-order valence-electron chi connectivity index (χ2n) is 9.80. The molecule has 0 unspecified atom stereocenters. The molecule has 2 fully saturated rings. The smallest absolute Gasteiger partial charge is 0.223 e. The Morgan fingerprint density at radius 2 is 1.59 bits per heavy atom. The highest BCUT2D eigenvalue weighted by molar-refractivity contribution is 5.81. The first kappa shape index (κ1) is 22.5. The topological polar surface area (TPSA) is 52.7 Å². The SMILES string of the molecule is CN(C)C1(c2ccccc2)CCC2(CC1)CC(=O)N(CCC(=O)NCc1ccccc1)C2. The lowest BCUT2D eigenvalue weighted by atomic mass is 9.64. The average molecular weight is 434 g/mol. The minimum Gasteiger partial charge on any atom is -0.352 e. The van der Waals surface area contributed by atoms with Gasteiger partial charge in [0.05, 0.1) is 0 Å². The zero-order valence-corrected chi connectivity index (χ0v) is 19.3. The van der Waals surface area contributed by atoms with Crippen molar-refractivity contribution in [1.29, 1.82) is 0 Å². The molecule has 0 aromatic heterocycles. The van der Waals surface area contributed by atoms with Crippen molar-refractivity contribution in [2.24, 2.45) is 5.41 Å². The van der Waals surface area contributed by atoms with Gasteiger partial charge in [-0.15, -0.1) is 0 Å². The van der Waals surface area contributed by atoms with Crippen molar-refractivity contribution in [3.8, 4) is 0 Å². The lowest BCUT2D eigenvalue weighted by molar-refractivity contribution is -0.128. The maximum Gasteiger partial charge on any atom is 0.223 e. The highest BCUT2D eigenvalue weighted by Crippen LogP contribution is 2.52. The van der Waals surface area contributed by atoms with E-state index in [1.807, 2.05) is 35.2 Å². The van der Waals surface area contributed by atoms with Crippen LogP contribution in [0.1, 0.15) is 49.7 Å². The van der Waals surface area contributed by atoms with Crippen LogP contribution in [0.3, 0.4) is 0 Å². The molecule has 0 radical (unpaired) electrons. The van der Waals surface area contributed by atoms with Crippen molar-refractivity contribution in [1.82, 2.24) is 15.1 Å². The number of hydrogen-bond acceptors (Lipinski definition) is 3. The summed E-state index contributed by atoms with van der Waals surface area (Å²) in [5.41, 5.74) is 2.56. The second kappa shape index (κ2) is 9.45. The van der Waals surface area contributed by atoms with E-state index in [1.54, 1.807) is 0 Å². The summed E-state index contributed by atoms with van der Waals surface area (Å²) in [5, 5.41) is 2.97. The van der Waals surface area contributed by atoms with Crippen molar-refractivity contribution in [3.05, 3.63) is 71.8 Å². The summed E-state index contributed by atoms with van der Waals surface area (Å²) in [5.74, 6) is 0.208. The van der Waals surface area contributed by atoms with Gasteiger partial charge in [-0.1, -0.05) is 60.7 Å². The molecule has 1 N–H and O–H groups in total. The lowest BCUT2D eigenvalue weighted by Crippen LogP contribution is -2.47. The van der Waals surface area contributed by atoms with E-state index in [0.29, 0.717) is 25.9 Å². The summed E-state index contributed by atoms with van der Waals surface area (Å²) in [6, 6.07) is 20.7. The number of carbonyl (C=O) groups is 2. The van der Waals surface area contributed by atoms with Gasteiger partial charge in [-0.05, 0) is 56.3 Å². The van der Waals surface area contributed by atoms with Gasteiger partial charge < -0.3 is 10.2 Å². The van der Waals surface area contributed by atoms with Gasteiger partial charge in [0.2, 0.25) is 11.8 Å².